The van der Waals surface area contributed by atoms with Crippen molar-refractivity contribution in [1.82, 2.24) is 0 Å². The molecule has 5 nitrogen and oxygen atoms in total. The third-order valence-electron chi connectivity index (χ3n) is 6.03. The van der Waals surface area contributed by atoms with Crippen LogP contribution < -0.4 is 4.74 Å². The van der Waals surface area contributed by atoms with E-state index in [1.807, 2.05) is 97.9 Å². The zero-order chi connectivity index (χ0) is 26.2. The van der Waals surface area contributed by atoms with E-state index in [4.69, 9.17) is 9.47 Å². The number of carboxylic acid groups (broad SMARTS) is 1. The Kier molecular flexibility index (Phi) is 8.16. The fraction of sp³-hybridized carbons (Fsp3) is 0.125. The minimum Gasteiger partial charge on any atom is -0.496 e. The fourth-order valence-corrected chi connectivity index (χ4v) is 4.32. The van der Waals surface area contributed by atoms with Gasteiger partial charge in [-0.2, -0.15) is 0 Å². The highest BCUT2D eigenvalue weighted by atomic mass is 16.5. The first kappa shape index (κ1) is 25.5. The van der Waals surface area contributed by atoms with Crippen LogP contribution in [0.2, 0.25) is 0 Å². The van der Waals surface area contributed by atoms with E-state index in [1.54, 1.807) is 19.2 Å². The lowest BCUT2D eigenvalue weighted by Gasteiger charge is -2.19. The number of carbonyl (C=O) groups is 2. The van der Waals surface area contributed by atoms with Crippen LogP contribution in [0.4, 0.5) is 0 Å². The molecule has 0 aliphatic heterocycles. The van der Waals surface area contributed by atoms with Gasteiger partial charge in [-0.05, 0) is 47.7 Å². The second-order valence-electron chi connectivity index (χ2n) is 8.51. The van der Waals surface area contributed by atoms with Crippen molar-refractivity contribution in [3.8, 4) is 16.9 Å². The van der Waals surface area contributed by atoms with Crippen molar-refractivity contribution >= 4 is 18.0 Å². The standard InChI is InChI=1S/C32H28O5/c1-3-10-22-15-17-26(28(20-22)36-2)29-25(19-23-11-6-4-7-12-23)16-18-27(30(29)31(33)34)32(35)37-21-24-13-8-5-9-14-24/h3-18,20H,19,21H2,1-2H3,(H,33,34). The van der Waals surface area contributed by atoms with Crippen LogP contribution in [0.15, 0.2) is 97.1 Å². The topological polar surface area (TPSA) is 72.8 Å². The Morgan fingerprint density at radius 1 is 0.865 bits per heavy atom. The predicted molar refractivity (Wildman–Crippen MR) is 145 cm³/mol. The first-order chi connectivity index (χ1) is 18.0. The molecule has 4 aromatic rings. The lowest BCUT2D eigenvalue weighted by molar-refractivity contribution is 0.0463. The summed E-state index contributed by atoms with van der Waals surface area (Å²) in [5, 5.41) is 10.4. The highest BCUT2D eigenvalue weighted by Crippen LogP contribution is 2.38. The maximum absolute atomic E-state index is 13.2. The van der Waals surface area contributed by atoms with E-state index in [0.717, 1.165) is 22.3 Å². The number of ether oxygens (including phenoxy) is 2. The average Bonchev–Trinajstić information content (AvgIpc) is 2.92. The van der Waals surface area contributed by atoms with Gasteiger partial charge >= 0.3 is 11.9 Å². The molecule has 37 heavy (non-hydrogen) atoms. The summed E-state index contributed by atoms with van der Waals surface area (Å²) in [4.78, 5) is 25.9. The molecule has 4 rings (SSSR count). The molecule has 5 heteroatoms. The largest absolute Gasteiger partial charge is 0.496 e. The van der Waals surface area contributed by atoms with Gasteiger partial charge in [0.15, 0.2) is 0 Å². The molecule has 0 atom stereocenters. The van der Waals surface area contributed by atoms with Crippen LogP contribution in [0, 0.1) is 0 Å². The maximum atomic E-state index is 13.2. The summed E-state index contributed by atoms with van der Waals surface area (Å²) < 4.78 is 11.2. The van der Waals surface area contributed by atoms with Gasteiger partial charge in [0.05, 0.1) is 18.2 Å². The minimum absolute atomic E-state index is 0.00479. The summed E-state index contributed by atoms with van der Waals surface area (Å²) >= 11 is 0. The molecule has 0 bridgehead atoms. The van der Waals surface area contributed by atoms with Gasteiger partial charge in [-0.3, -0.25) is 0 Å². The maximum Gasteiger partial charge on any atom is 0.339 e. The molecule has 0 radical (unpaired) electrons. The van der Waals surface area contributed by atoms with E-state index < -0.39 is 11.9 Å². The molecule has 0 saturated heterocycles. The van der Waals surface area contributed by atoms with Crippen molar-refractivity contribution in [2.45, 2.75) is 20.0 Å². The molecule has 0 spiro atoms. The van der Waals surface area contributed by atoms with E-state index >= 15 is 0 Å². The zero-order valence-corrected chi connectivity index (χ0v) is 20.8. The number of methoxy groups -OCH3 is 1. The van der Waals surface area contributed by atoms with Gasteiger partial charge in [-0.25, -0.2) is 9.59 Å². The van der Waals surface area contributed by atoms with E-state index in [0.29, 0.717) is 23.3 Å². The molecule has 0 unspecified atom stereocenters. The fourth-order valence-electron chi connectivity index (χ4n) is 4.32. The Hall–Kier alpha value is -4.64. The van der Waals surface area contributed by atoms with Gasteiger partial charge in [0, 0.05) is 11.1 Å². The molecule has 0 heterocycles. The second-order valence-corrected chi connectivity index (χ2v) is 8.51. The molecule has 0 aromatic heterocycles. The van der Waals surface area contributed by atoms with Crippen molar-refractivity contribution in [2.24, 2.45) is 0 Å². The number of hydrogen-bond donors (Lipinski definition) is 1. The van der Waals surface area contributed by atoms with Crippen LogP contribution in [0.5, 0.6) is 5.75 Å². The Morgan fingerprint density at radius 2 is 1.54 bits per heavy atom. The molecule has 186 valence electrons. The summed E-state index contributed by atoms with van der Waals surface area (Å²) in [6.45, 7) is 1.96. The van der Waals surface area contributed by atoms with Crippen LogP contribution in [0.3, 0.4) is 0 Å². The third kappa shape index (κ3) is 5.96. The summed E-state index contributed by atoms with van der Waals surface area (Å²) in [7, 11) is 1.55. The van der Waals surface area contributed by atoms with Crippen LogP contribution in [0.1, 0.15) is 49.9 Å². The smallest absolute Gasteiger partial charge is 0.339 e. The highest BCUT2D eigenvalue weighted by Gasteiger charge is 2.27. The number of allylic oxidation sites excluding steroid dienone is 1. The number of carboxylic acids is 1. The summed E-state index contributed by atoms with van der Waals surface area (Å²) in [6.07, 6.45) is 4.34. The third-order valence-corrected chi connectivity index (χ3v) is 6.03. The first-order valence-electron chi connectivity index (χ1n) is 12.0. The van der Waals surface area contributed by atoms with Crippen LogP contribution in [-0.2, 0) is 17.8 Å². The molecule has 0 amide bonds. The monoisotopic (exact) mass is 492 g/mol. The molecular weight excluding hydrogens is 464 g/mol. The van der Waals surface area contributed by atoms with Gasteiger partial charge in [-0.1, -0.05) is 91.0 Å². The van der Waals surface area contributed by atoms with Gasteiger partial charge in [-0.15, -0.1) is 0 Å². The number of benzene rings is 4. The molecule has 0 saturated carbocycles. The highest BCUT2D eigenvalue weighted by molar-refractivity contribution is 6.08. The number of aromatic carboxylic acids is 1. The molecule has 0 fully saturated rings. The van der Waals surface area contributed by atoms with E-state index in [2.05, 4.69) is 0 Å². The number of rotatable bonds is 9. The van der Waals surface area contributed by atoms with Crippen molar-refractivity contribution in [1.29, 1.82) is 0 Å². The van der Waals surface area contributed by atoms with Crippen molar-refractivity contribution in [3.63, 3.8) is 0 Å². The van der Waals surface area contributed by atoms with Crippen molar-refractivity contribution < 1.29 is 24.2 Å². The Morgan fingerprint density at radius 3 is 2.16 bits per heavy atom. The SMILES string of the molecule is CC=Cc1ccc(-c2c(Cc3ccccc3)ccc(C(=O)OCc3ccccc3)c2C(=O)O)c(OC)c1. The normalized spacial score (nSPS) is 10.9. The quantitative estimate of drug-likeness (QED) is 0.254. The Bertz CT molecular complexity index is 1420. The van der Waals surface area contributed by atoms with Gasteiger partial charge in [0.1, 0.15) is 12.4 Å². The molecule has 0 aliphatic carbocycles. The molecular formula is C32H28O5. The molecule has 0 aliphatic rings. The first-order valence-corrected chi connectivity index (χ1v) is 12.0. The summed E-state index contributed by atoms with van der Waals surface area (Å²) in [5.41, 5.74) is 4.44. The molecule has 1 N–H and O–H groups in total. The van der Waals surface area contributed by atoms with Gasteiger partial charge < -0.3 is 14.6 Å². The lowest BCUT2D eigenvalue weighted by atomic mass is 9.87. The summed E-state index contributed by atoms with van der Waals surface area (Å²) in [6, 6.07) is 28.0. The van der Waals surface area contributed by atoms with Crippen molar-refractivity contribution in [2.75, 3.05) is 7.11 Å². The van der Waals surface area contributed by atoms with Gasteiger partial charge in [0.2, 0.25) is 0 Å². The van der Waals surface area contributed by atoms with E-state index in [1.165, 1.54) is 0 Å². The van der Waals surface area contributed by atoms with E-state index in [-0.39, 0.29) is 17.7 Å². The number of hydrogen-bond acceptors (Lipinski definition) is 4. The van der Waals surface area contributed by atoms with Crippen LogP contribution in [0.25, 0.3) is 17.2 Å². The Balaban J connectivity index is 1.87. The number of esters is 1. The zero-order valence-electron chi connectivity index (χ0n) is 20.8. The average molecular weight is 493 g/mol. The van der Waals surface area contributed by atoms with Gasteiger partial charge in [0.25, 0.3) is 0 Å². The Labute approximate surface area is 216 Å². The predicted octanol–water partition coefficient (Wildman–Crippen LogP) is 7.04. The van der Waals surface area contributed by atoms with Crippen LogP contribution >= 0.6 is 0 Å². The van der Waals surface area contributed by atoms with Crippen LogP contribution in [-0.4, -0.2) is 24.2 Å². The minimum atomic E-state index is -1.21. The summed E-state index contributed by atoms with van der Waals surface area (Å²) in [5.74, 6) is -1.39. The number of carbonyl (C=O) groups excluding carboxylic acids is 1. The molecule has 4 aromatic carbocycles. The lowest BCUT2D eigenvalue weighted by Crippen LogP contribution is -2.15. The van der Waals surface area contributed by atoms with Crippen molar-refractivity contribution in [3.05, 3.63) is 130 Å². The van der Waals surface area contributed by atoms with E-state index in [9.17, 15) is 14.7 Å². The second kappa shape index (κ2) is 11.9.